The van der Waals surface area contributed by atoms with E-state index < -0.39 is 16.1 Å². The first kappa shape index (κ1) is 21.3. The number of amides is 1. The van der Waals surface area contributed by atoms with Crippen molar-refractivity contribution in [3.8, 4) is 11.5 Å². The maximum atomic E-state index is 13.3. The Labute approximate surface area is 190 Å². The van der Waals surface area contributed by atoms with E-state index in [4.69, 9.17) is 9.47 Å². The number of piperazine rings is 1. The molecule has 0 aliphatic carbocycles. The van der Waals surface area contributed by atoms with Crippen LogP contribution in [0.1, 0.15) is 5.56 Å². The van der Waals surface area contributed by atoms with Gasteiger partial charge in [-0.2, -0.15) is 8.42 Å². The summed E-state index contributed by atoms with van der Waals surface area (Å²) >= 11 is 0. The van der Waals surface area contributed by atoms with E-state index in [2.05, 4.69) is 9.30 Å². The smallest absolute Gasteiger partial charge is 0.345 e. The molecule has 3 heterocycles. The number of allylic oxidation sites excluding steroid dienone is 1. The first-order valence-corrected chi connectivity index (χ1v) is 11.7. The van der Waals surface area contributed by atoms with E-state index in [1.165, 1.54) is 25.3 Å². The van der Waals surface area contributed by atoms with Gasteiger partial charge in [-0.05, 0) is 48.5 Å². The lowest BCUT2D eigenvalue weighted by Gasteiger charge is -2.37. The highest BCUT2D eigenvalue weighted by Gasteiger charge is 2.34. The van der Waals surface area contributed by atoms with Crippen molar-refractivity contribution in [1.29, 1.82) is 0 Å². The van der Waals surface area contributed by atoms with E-state index >= 15 is 0 Å². The standard InChI is InChI=1S/C22H21FN4O5S/c1-25-19(22(28)27-10-8-26(9-11-27)17-5-3-16(23)4-6-17)13-18(24-33(25,29)30)15-2-7-20-21(12-15)32-14-31-20/h2-7,12-13H,8-11,14H2,1H3. The second kappa shape index (κ2) is 8.07. The largest absolute Gasteiger partial charge is 0.454 e. The number of hydrogen-bond acceptors (Lipinski definition) is 6. The molecule has 172 valence electrons. The molecule has 0 saturated carbocycles. The molecule has 1 amide bonds. The summed E-state index contributed by atoms with van der Waals surface area (Å²) in [6, 6.07) is 11.2. The van der Waals surface area contributed by atoms with Gasteiger partial charge in [0.15, 0.2) is 11.5 Å². The molecule has 3 aliphatic rings. The Bertz CT molecular complexity index is 1270. The van der Waals surface area contributed by atoms with Gasteiger partial charge in [-0.25, -0.2) is 8.70 Å². The first-order chi connectivity index (χ1) is 15.8. The van der Waals surface area contributed by atoms with E-state index in [9.17, 15) is 17.6 Å². The Morgan fingerprint density at radius 2 is 1.70 bits per heavy atom. The summed E-state index contributed by atoms with van der Waals surface area (Å²) in [5, 5.41) is 0. The van der Waals surface area contributed by atoms with Crippen molar-refractivity contribution in [2.45, 2.75) is 0 Å². The quantitative estimate of drug-likeness (QED) is 0.676. The molecule has 0 N–H and O–H groups in total. The number of halogens is 1. The van der Waals surface area contributed by atoms with Crippen LogP contribution >= 0.6 is 0 Å². The fourth-order valence-corrected chi connectivity index (χ4v) is 4.84. The lowest BCUT2D eigenvalue weighted by atomic mass is 10.1. The van der Waals surface area contributed by atoms with Crippen molar-refractivity contribution in [3.05, 3.63) is 65.6 Å². The van der Waals surface area contributed by atoms with Crippen LogP contribution in [0.4, 0.5) is 10.1 Å². The van der Waals surface area contributed by atoms with Crippen molar-refractivity contribution in [2.24, 2.45) is 4.40 Å². The van der Waals surface area contributed by atoms with Crippen molar-refractivity contribution in [3.63, 3.8) is 0 Å². The summed E-state index contributed by atoms with van der Waals surface area (Å²) in [7, 11) is -2.76. The van der Waals surface area contributed by atoms with Gasteiger partial charge in [-0.15, -0.1) is 4.40 Å². The molecule has 0 spiro atoms. The molecule has 0 atom stereocenters. The zero-order valence-corrected chi connectivity index (χ0v) is 18.6. The summed E-state index contributed by atoms with van der Waals surface area (Å²) in [5.41, 5.74) is 1.55. The lowest BCUT2D eigenvalue weighted by molar-refractivity contribution is -0.128. The van der Waals surface area contributed by atoms with E-state index in [1.807, 2.05) is 0 Å². The van der Waals surface area contributed by atoms with E-state index in [0.29, 0.717) is 43.2 Å². The first-order valence-electron chi connectivity index (χ1n) is 10.3. The molecule has 11 heteroatoms. The summed E-state index contributed by atoms with van der Waals surface area (Å²) in [6.45, 7) is 1.99. The minimum absolute atomic E-state index is 0.0212. The number of likely N-dealkylation sites (N-methyl/N-ethyl adjacent to an activating group) is 1. The number of ether oxygens (including phenoxy) is 2. The summed E-state index contributed by atoms with van der Waals surface area (Å²) in [6.07, 6.45) is 1.48. The van der Waals surface area contributed by atoms with Gasteiger partial charge in [0.05, 0.1) is 5.71 Å². The molecular weight excluding hydrogens is 451 g/mol. The molecule has 0 radical (unpaired) electrons. The van der Waals surface area contributed by atoms with Crippen LogP contribution < -0.4 is 14.4 Å². The number of carbonyl (C=O) groups excluding carboxylic acids is 1. The average molecular weight is 472 g/mol. The number of fused-ring (bicyclic) bond motifs is 1. The molecular formula is C22H21FN4O5S. The zero-order chi connectivity index (χ0) is 23.2. The monoisotopic (exact) mass is 472 g/mol. The number of carbonyl (C=O) groups is 1. The third-order valence-electron chi connectivity index (χ3n) is 5.82. The SMILES string of the molecule is CN1C(C(=O)N2CCN(c3ccc(F)cc3)CC2)=CC(c2ccc3c(c2)OCO3)=NS1(=O)=O. The third kappa shape index (κ3) is 3.99. The number of rotatable bonds is 3. The van der Waals surface area contributed by atoms with Crippen LogP contribution in [0.3, 0.4) is 0 Å². The van der Waals surface area contributed by atoms with Crippen molar-refractivity contribution < 1.29 is 27.1 Å². The Morgan fingerprint density at radius 3 is 2.42 bits per heavy atom. The topological polar surface area (TPSA) is 91.8 Å². The normalized spacial score (nSPS) is 19.3. The van der Waals surface area contributed by atoms with Crippen LogP contribution in [0, 0.1) is 5.82 Å². The van der Waals surface area contributed by atoms with Crippen LogP contribution in [0.5, 0.6) is 11.5 Å². The number of benzene rings is 2. The van der Waals surface area contributed by atoms with Crippen molar-refractivity contribution >= 4 is 27.5 Å². The Balaban J connectivity index is 1.37. The van der Waals surface area contributed by atoms with Crippen LogP contribution in [0.15, 0.2) is 58.6 Å². The van der Waals surface area contributed by atoms with Crippen LogP contribution in [-0.4, -0.2) is 69.3 Å². The van der Waals surface area contributed by atoms with Gasteiger partial charge in [0.2, 0.25) is 6.79 Å². The molecule has 2 aromatic rings. The molecule has 9 nitrogen and oxygen atoms in total. The second-order valence-electron chi connectivity index (χ2n) is 7.78. The van der Waals surface area contributed by atoms with Crippen LogP contribution in [0.2, 0.25) is 0 Å². The van der Waals surface area contributed by atoms with Gasteiger partial charge < -0.3 is 19.3 Å². The van der Waals surface area contributed by atoms with Gasteiger partial charge in [-0.3, -0.25) is 4.79 Å². The minimum Gasteiger partial charge on any atom is -0.454 e. The maximum Gasteiger partial charge on any atom is 0.345 e. The zero-order valence-electron chi connectivity index (χ0n) is 17.8. The third-order valence-corrected chi connectivity index (χ3v) is 7.13. The molecule has 2 aromatic carbocycles. The molecule has 0 bridgehead atoms. The molecule has 0 aromatic heterocycles. The van der Waals surface area contributed by atoms with Gasteiger partial charge in [-0.1, -0.05) is 0 Å². The van der Waals surface area contributed by atoms with Gasteiger partial charge >= 0.3 is 10.2 Å². The van der Waals surface area contributed by atoms with Crippen molar-refractivity contribution in [2.75, 3.05) is 44.9 Å². The second-order valence-corrected chi connectivity index (χ2v) is 9.40. The minimum atomic E-state index is -4.08. The van der Waals surface area contributed by atoms with E-state index in [-0.39, 0.29) is 24.0 Å². The fraction of sp³-hybridized carbons (Fsp3) is 0.273. The van der Waals surface area contributed by atoms with Gasteiger partial charge in [0, 0.05) is 44.5 Å². The highest BCUT2D eigenvalue weighted by Crippen LogP contribution is 2.33. The van der Waals surface area contributed by atoms with Crippen molar-refractivity contribution in [1.82, 2.24) is 9.21 Å². The maximum absolute atomic E-state index is 13.3. The Morgan fingerprint density at radius 1 is 1.00 bits per heavy atom. The summed E-state index contributed by atoms with van der Waals surface area (Å²) < 4.78 is 54.0. The van der Waals surface area contributed by atoms with Gasteiger partial charge in [0.25, 0.3) is 5.91 Å². The lowest BCUT2D eigenvalue weighted by Crippen LogP contribution is -2.51. The van der Waals surface area contributed by atoms with Crippen LogP contribution in [0.25, 0.3) is 0 Å². The van der Waals surface area contributed by atoms with E-state index in [0.717, 1.165) is 9.99 Å². The molecule has 33 heavy (non-hydrogen) atoms. The Kier molecular flexibility index (Phi) is 5.20. The summed E-state index contributed by atoms with van der Waals surface area (Å²) in [5.74, 6) is 0.355. The predicted octanol–water partition coefficient (Wildman–Crippen LogP) is 1.77. The number of hydrogen-bond donors (Lipinski definition) is 0. The molecule has 0 unspecified atom stereocenters. The summed E-state index contributed by atoms with van der Waals surface area (Å²) in [4.78, 5) is 17.0. The average Bonchev–Trinajstić information content (AvgIpc) is 3.29. The fourth-order valence-electron chi connectivity index (χ4n) is 3.93. The molecule has 3 aliphatic heterocycles. The number of anilines is 1. The molecule has 1 fully saturated rings. The predicted molar refractivity (Wildman–Crippen MR) is 119 cm³/mol. The molecule has 1 saturated heterocycles. The van der Waals surface area contributed by atoms with Crippen LogP contribution in [-0.2, 0) is 15.0 Å². The highest BCUT2D eigenvalue weighted by molar-refractivity contribution is 7.88. The van der Waals surface area contributed by atoms with Gasteiger partial charge in [0.1, 0.15) is 11.5 Å². The Hall–Kier alpha value is -3.60. The highest BCUT2D eigenvalue weighted by atomic mass is 32.2. The number of nitrogens with zero attached hydrogens (tertiary/aromatic N) is 4. The van der Waals surface area contributed by atoms with E-state index in [1.54, 1.807) is 35.2 Å². The molecule has 5 rings (SSSR count).